The summed E-state index contributed by atoms with van der Waals surface area (Å²) in [6, 6.07) is 3.54. The van der Waals surface area contributed by atoms with Gasteiger partial charge in [0.25, 0.3) is 0 Å². The Morgan fingerprint density at radius 2 is 1.91 bits per heavy atom. The van der Waals surface area contributed by atoms with E-state index in [4.69, 9.17) is 21.1 Å². The molecule has 23 heavy (non-hydrogen) atoms. The molecule has 1 aromatic rings. The van der Waals surface area contributed by atoms with Gasteiger partial charge in [0, 0.05) is 38.1 Å². The first-order valence-corrected chi connectivity index (χ1v) is 7.83. The van der Waals surface area contributed by atoms with Gasteiger partial charge in [-0.1, -0.05) is 11.6 Å². The fraction of sp³-hybridized carbons (Fsp3) is 0.500. The van der Waals surface area contributed by atoms with Gasteiger partial charge in [0.2, 0.25) is 11.8 Å². The first-order chi connectivity index (χ1) is 11.0. The highest BCUT2D eigenvalue weighted by molar-refractivity contribution is 6.32. The molecule has 0 atom stereocenters. The molecule has 0 saturated heterocycles. The van der Waals surface area contributed by atoms with E-state index < -0.39 is 0 Å². The molecule has 0 aliphatic heterocycles. The van der Waals surface area contributed by atoms with E-state index in [1.807, 2.05) is 0 Å². The van der Waals surface area contributed by atoms with Crippen molar-refractivity contribution in [3.8, 4) is 11.5 Å². The van der Waals surface area contributed by atoms with Crippen LogP contribution in [0, 0.1) is 0 Å². The van der Waals surface area contributed by atoms with Crippen LogP contribution >= 0.6 is 11.6 Å². The summed E-state index contributed by atoms with van der Waals surface area (Å²) in [6.45, 7) is 1.70. The Kier molecular flexibility index (Phi) is 5.71. The second-order valence-corrected chi connectivity index (χ2v) is 5.83. The third-order valence-corrected chi connectivity index (χ3v) is 3.92. The number of rotatable bonds is 7. The van der Waals surface area contributed by atoms with Crippen molar-refractivity contribution in [2.75, 3.05) is 25.7 Å². The Morgan fingerprint density at radius 3 is 2.43 bits per heavy atom. The third kappa shape index (κ3) is 4.51. The number of hydrogen-bond donors (Lipinski definition) is 1. The minimum atomic E-state index is -0.188. The number of carbonyl (C=O) groups excluding carboxylic acids is 2. The molecule has 0 radical (unpaired) electrons. The van der Waals surface area contributed by atoms with E-state index in [0.717, 1.165) is 12.8 Å². The summed E-state index contributed by atoms with van der Waals surface area (Å²) in [6.07, 6.45) is 2.29. The van der Waals surface area contributed by atoms with E-state index in [0.29, 0.717) is 28.3 Å². The third-order valence-electron chi connectivity index (χ3n) is 3.63. The van der Waals surface area contributed by atoms with Crippen LogP contribution < -0.4 is 19.7 Å². The lowest BCUT2D eigenvalue weighted by atomic mass is 10.2. The molecule has 1 saturated carbocycles. The number of carbonyl (C=O) groups is 2. The number of hydrogen-bond acceptors (Lipinski definition) is 4. The second kappa shape index (κ2) is 7.55. The molecule has 0 spiro atoms. The van der Waals surface area contributed by atoms with Gasteiger partial charge in [-0.05, 0) is 12.8 Å². The number of amides is 2. The fourth-order valence-electron chi connectivity index (χ4n) is 2.24. The number of methoxy groups -OCH3 is 2. The van der Waals surface area contributed by atoms with Crippen molar-refractivity contribution in [2.24, 2.45) is 0 Å². The number of nitrogens with zero attached hydrogens (tertiary/aromatic N) is 1. The first kappa shape index (κ1) is 17.4. The maximum absolute atomic E-state index is 12.0. The van der Waals surface area contributed by atoms with E-state index in [9.17, 15) is 9.59 Å². The minimum absolute atomic E-state index is 0.0568. The number of benzene rings is 1. The van der Waals surface area contributed by atoms with Gasteiger partial charge in [-0.25, -0.2) is 0 Å². The highest BCUT2D eigenvalue weighted by atomic mass is 35.5. The van der Waals surface area contributed by atoms with Gasteiger partial charge < -0.3 is 19.7 Å². The normalized spacial score (nSPS) is 13.4. The zero-order valence-corrected chi connectivity index (χ0v) is 14.3. The molecule has 0 aromatic heterocycles. The summed E-state index contributed by atoms with van der Waals surface area (Å²) in [5.41, 5.74) is 0.528. The van der Waals surface area contributed by atoms with E-state index in [2.05, 4.69) is 5.32 Å². The van der Waals surface area contributed by atoms with Crippen molar-refractivity contribution >= 4 is 29.1 Å². The number of nitrogens with one attached hydrogen (secondary N) is 1. The van der Waals surface area contributed by atoms with Crippen molar-refractivity contribution < 1.29 is 19.1 Å². The molecule has 1 aliphatic carbocycles. The molecular formula is C16H21ClN2O4. The Bertz CT molecular complexity index is 602. The van der Waals surface area contributed by atoms with Crippen molar-refractivity contribution in [3.05, 3.63) is 17.2 Å². The zero-order valence-electron chi connectivity index (χ0n) is 13.5. The summed E-state index contributed by atoms with van der Waals surface area (Å²) in [5, 5.41) is 3.30. The zero-order chi connectivity index (χ0) is 17.0. The largest absolute Gasteiger partial charge is 0.495 e. The summed E-state index contributed by atoms with van der Waals surface area (Å²) in [5.74, 6) is 0.648. The molecule has 1 aliphatic rings. The molecule has 0 unspecified atom stereocenters. The Balaban J connectivity index is 2.18. The van der Waals surface area contributed by atoms with Gasteiger partial charge in [0.15, 0.2) is 0 Å². The van der Waals surface area contributed by atoms with E-state index in [1.54, 1.807) is 12.1 Å². The maximum atomic E-state index is 12.0. The number of ether oxygens (including phenoxy) is 2. The first-order valence-electron chi connectivity index (χ1n) is 7.45. The SMILES string of the molecule is COc1cc(N(CCC(=O)NC2CC2)C(C)=O)c(OC)cc1Cl. The van der Waals surface area contributed by atoms with Crippen LogP contribution in [0.15, 0.2) is 12.1 Å². The monoisotopic (exact) mass is 340 g/mol. The molecule has 2 rings (SSSR count). The van der Waals surface area contributed by atoms with Crippen LogP contribution in [0.4, 0.5) is 5.69 Å². The Labute approximate surface area is 140 Å². The van der Waals surface area contributed by atoms with E-state index >= 15 is 0 Å². The van der Waals surface area contributed by atoms with E-state index in [1.165, 1.54) is 26.0 Å². The Morgan fingerprint density at radius 1 is 1.26 bits per heavy atom. The van der Waals surface area contributed by atoms with Crippen LogP contribution in [0.1, 0.15) is 26.2 Å². The van der Waals surface area contributed by atoms with Gasteiger partial charge in [0.1, 0.15) is 11.5 Å². The summed E-state index contributed by atoms with van der Waals surface area (Å²) >= 11 is 6.08. The summed E-state index contributed by atoms with van der Waals surface area (Å²) < 4.78 is 10.5. The molecule has 1 fully saturated rings. The van der Waals surface area contributed by atoms with Crippen molar-refractivity contribution in [1.82, 2.24) is 5.32 Å². The fourth-order valence-corrected chi connectivity index (χ4v) is 2.47. The van der Waals surface area contributed by atoms with Gasteiger partial charge >= 0.3 is 0 Å². The van der Waals surface area contributed by atoms with E-state index in [-0.39, 0.29) is 24.8 Å². The Hall–Kier alpha value is -1.95. The van der Waals surface area contributed by atoms with Crippen molar-refractivity contribution in [2.45, 2.75) is 32.2 Å². The summed E-state index contributed by atoms with van der Waals surface area (Å²) in [4.78, 5) is 25.4. The quantitative estimate of drug-likeness (QED) is 0.827. The highest BCUT2D eigenvalue weighted by Crippen LogP contribution is 2.38. The van der Waals surface area contributed by atoms with Crippen LogP contribution in [-0.4, -0.2) is 38.6 Å². The lowest BCUT2D eigenvalue weighted by molar-refractivity contribution is -0.121. The molecule has 1 aromatic carbocycles. The van der Waals surface area contributed by atoms with Gasteiger partial charge in [0.05, 0.1) is 24.9 Å². The van der Waals surface area contributed by atoms with Crippen LogP contribution in [-0.2, 0) is 9.59 Å². The van der Waals surface area contributed by atoms with Crippen molar-refractivity contribution in [3.63, 3.8) is 0 Å². The average molecular weight is 341 g/mol. The van der Waals surface area contributed by atoms with Crippen LogP contribution in [0.3, 0.4) is 0 Å². The maximum Gasteiger partial charge on any atom is 0.223 e. The second-order valence-electron chi connectivity index (χ2n) is 5.42. The number of anilines is 1. The lowest BCUT2D eigenvalue weighted by Crippen LogP contribution is -2.34. The molecule has 0 bridgehead atoms. The predicted molar refractivity (Wildman–Crippen MR) is 88.4 cm³/mol. The molecule has 126 valence electrons. The molecule has 0 heterocycles. The lowest BCUT2D eigenvalue weighted by Gasteiger charge is -2.24. The average Bonchev–Trinajstić information content (AvgIpc) is 3.31. The van der Waals surface area contributed by atoms with Gasteiger partial charge in [-0.2, -0.15) is 0 Å². The van der Waals surface area contributed by atoms with Crippen LogP contribution in [0.2, 0.25) is 5.02 Å². The minimum Gasteiger partial charge on any atom is -0.495 e. The molecular weight excluding hydrogens is 320 g/mol. The number of halogens is 1. The smallest absolute Gasteiger partial charge is 0.223 e. The van der Waals surface area contributed by atoms with Crippen LogP contribution in [0.25, 0.3) is 0 Å². The van der Waals surface area contributed by atoms with Gasteiger partial charge in [-0.3, -0.25) is 9.59 Å². The topological polar surface area (TPSA) is 67.9 Å². The molecule has 7 heteroatoms. The summed E-state index contributed by atoms with van der Waals surface area (Å²) in [7, 11) is 3.00. The van der Waals surface area contributed by atoms with Crippen LogP contribution in [0.5, 0.6) is 11.5 Å². The highest BCUT2D eigenvalue weighted by Gasteiger charge is 2.24. The molecule has 2 amide bonds. The van der Waals surface area contributed by atoms with Crippen molar-refractivity contribution in [1.29, 1.82) is 0 Å². The molecule has 1 N–H and O–H groups in total. The standard InChI is InChI=1S/C16H21ClN2O4/c1-10(20)19(7-6-16(21)18-11-4-5-11)13-9-14(22-2)12(17)8-15(13)23-3/h8-9,11H,4-7H2,1-3H3,(H,18,21). The van der Waals surface area contributed by atoms with Gasteiger partial charge in [-0.15, -0.1) is 0 Å². The predicted octanol–water partition coefficient (Wildman–Crippen LogP) is 2.38. The molecule has 6 nitrogen and oxygen atoms in total.